The Morgan fingerprint density at radius 2 is 1.73 bits per heavy atom. The van der Waals surface area contributed by atoms with Crippen molar-refractivity contribution in [1.29, 1.82) is 0 Å². The number of amides is 1. The summed E-state index contributed by atoms with van der Waals surface area (Å²) in [6.07, 6.45) is 5.37. The predicted octanol–water partition coefficient (Wildman–Crippen LogP) is 4.78. The van der Waals surface area contributed by atoms with Gasteiger partial charge in [0.1, 0.15) is 11.5 Å². The van der Waals surface area contributed by atoms with Gasteiger partial charge in [-0.1, -0.05) is 18.2 Å². The van der Waals surface area contributed by atoms with Gasteiger partial charge in [-0.2, -0.15) is 5.10 Å². The first kappa shape index (κ1) is 17.8. The minimum absolute atomic E-state index is 0.302. The van der Waals surface area contributed by atoms with Crippen molar-refractivity contribution in [3.05, 3.63) is 96.7 Å². The highest BCUT2D eigenvalue weighted by atomic mass is 19.1. The van der Waals surface area contributed by atoms with E-state index in [1.54, 1.807) is 12.1 Å². The second-order valence-electron chi connectivity index (χ2n) is 6.79. The van der Waals surface area contributed by atoms with Crippen molar-refractivity contribution in [2.45, 2.75) is 0 Å². The molecule has 3 heterocycles. The average Bonchev–Trinajstić information content (AvgIpc) is 3.42. The smallest absolute Gasteiger partial charge is 0.259 e. The lowest BCUT2D eigenvalue weighted by atomic mass is 10.1. The van der Waals surface area contributed by atoms with E-state index in [0.717, 1.165) is 16.9 Å². The van der Waals surface area contributed by atoms with E-state index >= 15 is 0 Å². The first-order chi connectivity index (χ1) is 14.7. The topological polar surface area (TPSA) is 75.1 Å². The summed E-state index contributed by atoms with van der Waals surface area (Å²) < 4.78 is 15.1. The second kappa shape index (κ2) is 7.29. The molecule has 3 aromatic heterocycles. The van der Waals surface area contributed by atoms with Gasteiger partial charge >= 0.3 is 0 Å². The number of nitrogens with zero attached hydrogens (tertiary/aromatic N) is 3. The van der Waals surface area contributed by atoms with Crippen LogP contribution in [0.25, 0.3) is 28.2 Å². The average molecular weight is 397 g/mol. The van der Waals surface area contributed by atoms with Gasteiger partial charge in [0.05, 0.1) is 23.1 Å². The zero-order valence-electron chi connectivity index (χ0n) is 15.7. The quantitative estimate of drug-likeness (QED) is 0.458. The number of aromatic amines is 1. The van der Waals surface area contributed by atoms with Gasteiger partial charge < -0.3 is 9.72 Å². The maximum Gasteiger partial charge on any atom is 0.259 e. The molecule has 0 spiro atoms. The van der Waals surface area contributed by atoms with Crippen LogP contribution in [-0.2, 0) is 0 Å². The molecule has 30 heavy (non-hydrogen) atoms. The molecular formula is C23H16FN5O. The molecule has 0 unspecified atom stereocenters. The van der Waals surface area contributed by atoms with Gasteiger partial charge in [-0.3, -0.25) is 9.89 Å². The summed E-state index contributed by atoms with van der Waals surface area (Å²) in [7, 11) is 0. The Kier molecular flexibility index (Phi) is 4.33. The van der Waals surface area contributed by atoms with Crippen LogP contribution in [0.1, 0.15) is 10.4 Å². The number of hydrogen-bond donors (Lipinski definition) is 2. The van der Waals surface area contributed by atoms with E-state index in [9.17, 15) is 9.18 Å². The number of imidazole rings is 1. The number of nitrogens with one attached hydrogen (secondary N) is 2. The van der Waals surface area contributed by atoms with E-state index in [1.807, 2.05) is 59.3 Å². The molecule has 0 saturated carbocycles. The van der Waals surface area contributed by atoms with Crippen molar-refractivity contribution in [3.63, 3.8) is 0 Å². The molecule has 146 valence electrons. The van der Waals surface area contributed by atoms with Gasteiger partial charge in [0, 0.05) is 29.2 Å². The molecule has 6 nitrogen and oxygen atoms in total. The van der Waals surface area contributed by atoms with Crippen LogP contribution in [0.15, 0.2) is 85.3 Å². The molecule has 2 aromatic carbocycles. The standard InChI is InChI=1S/C23H16FN5O/c24-17-8-4-16(5-9-17)22-19(13-25-28-22)23(30)26-18-10-6-15(7-11-18)20-14-29-12-2-1-3-21(29)27-20/h1-14H,(H,25,28)(H,26,30). The summed E-state index contributed by atoms with van der Waals surface area (Å²) in [6.45, 7) is 0. The number of H-pyrrole nitrogens is 1. The van der Waals surface area contributed by atoms with Crippen molar-refractivity contribution < 1.29 is 9.18 Å². The minimum Gasteiger partial charge on any atom is -0.322 e. The maximum atomic E-state index is 13.2. The van der Waals surface area contributed by atoms with E-state index in [1.165, 1.54) is 18.3 Å². The molecule has 0 aliphatic heterocycles. The van der Waals surface area contributed by atoms with Crippen molar-refractivity contribution in [2.24, 2.45) is 0 Å². The van der Waals surface area contributed by atoms with E-state index in [2.05, 4.69) is 20.5 Å². The van der Waals surface area contributed by atoms with Crippen molar-refractivity contribution in [2.75, 3.05) is 5.32 Å². The third-order valence-corrected chi connectivity index (χ3v) is 4.82. The van der Waals surface area contributed by atoms with Gasteiger partial charge in [0.25, 0.3) is 5.91 Å². The van der Waals surface area contributed by atoms with Crippen molar-refractivity contribution >= 4 is 17.2 Å². The first-order valence-electron chi connectivity index (χ1n) is 9.32. The Hall–Kier alpha value is -4.26. The SMILES string of the molecule is O=C(Nc1ccc(-c2cn3ccccc3n2)cc1)c1cn[nH]c1-c1ccc(F)cc1. The fourth-order valence-electron chi connectivity index (χ4n) is 3.29. The highest BCUT2D eigenvalue weighted by Gasteiger charge is 2.16. The summed E-state index contributed by atoms with van der Waals surface area (Å²) in [5.74, 6) is -0.640. The van der Waals surface area contributed by atoms with Crippen LogP contribution in [0.3, 0.4) is 0 Å². The summed E-state index contributed by atoms with van der Waals surface area (Å²) >= 11 is 0. The Bertz CT molecular complexity index is 1300. The van der Waals surface area contributed by atoms with Crippen LogP contribution in [0, 0.1) is 5.82 Å². The first-order valence-corrected chi connectivity index (χ1v) is 9.32. The van der Waals surface area contributed by atoms with Gasteiger partial charge in [-0.25, -0.2) is 9.37 Å². The third kappa shape index (κ3) is 3.33. The molecule has 0 atom stereocenters. The van der Waals surface area contributed by atoms with Gasteiger partial charge in [0.2, 0.25) is 0 Å². The van der Waals surface area contributed by atoms with Crippen LogP contribution in [0.2, 0.25) is 0 Å². The van der Waals surface area contributed by atoms with E-state index in [4.69, 9.17) is 0 Å². The predicted molar refractivity (Wildman–Crippen MR) is 113 cm³/mol. The summed E-state index contributed by atoms with van der Waals surface area (Å²) in [6, 6.07) is 19.2. The van der Waals surface area contributed by atoms with Gasteiger partial charge in [-0.05, 0) is 48.5 Å². The van der Waals surface area contributed by atoms with E-state index < -0.39 is 0 Å². The molecule has 5 rings (SSSR count). The number of fused-ring (bicyclic) bond motifs is 1. The Labute approximate surface area is 171 Å². The zero-order chi connectivity index (χ0) is 20.5. The van der Waals surface area contributed by atoms with Gasteiger partial charge in [0.15, 0.2) is 0 Å². The normalized spacial score (nSPS) is 11.0. The molecule has 0 aliphatic rings. The molecule has 1 amide bonds. The number of benzene rings is 2. The number of halogens is 1. The fourth-order valence-corrected chi connectivity index (χ4v) is 3.29. The molecule has 0 radical (unpaired) electrons. The fraction of sp³-hybridized carbons (Fsp3) is 0. The lowest BCUT2D eigenvalue weighted by molar-refractivity contribution is 0.102. The molecule has 0 saturated heterocycles. The number of anilines is 1. The number of rotatable bonds is 4. The Balaban J connectivity index is 1.36. The van der Waals surface area contributed by atoms with Crippen LogP contribution < -0.4 is 5.32 Å². The highest BCUT2D eigenvalue weighted by Crippen LogP contribution is 2.24. The number of pyridine rings is 1. The van der Waals surface area contributed by atoms with E-state index in [0.29, 0.717) is 22.5 Å². The molecule has 2 N–H and O–H groups in total. The number of hydrogen-bond acceptors (Lipinski definition) is 3. The molecule has 0 bridgehead atoms. The zero-order valence-corrected chi connectivity index (χ0v) is 15.7. The summed E-state index contributed by atoms with van der Waals surface area (Å²) in [4.78, 5) is 17.3. The largest absolute Gasteiger partial charge is 0.322 e. The van der Waals surface area contributed by atoms with Crippen LogP contribution in [0.4, 0.5) is 10.1 Å². The second-order valence-corrected chi connectivity index (χ2v) is 6.79. The van der Waals surface area contributed by atoms with Crippen molar-refractivity contribution in [1.82, 2.24) is 19.6 Å². The number of carbonyl (C=O) groups is 1. The third-order valence-electron chi connectivity index (χ3n) is 4.82. The summed E-state index contributed by atoms with van der Waals surface area (Å²) in [5, 5.41) is 9.65. The molecule has 0 fully saturated rings. The Morgan fingerprint density at radius 1 is 0.967 bits per heavy atom. The van der Waals surface area contributed by atoms with Crippen molar-refractivity contribution in [3.8, 4) is 22.5 Å². The lowest BCUT2D eigenvalue weighted by Crippen LogP contribution is -2.12. The van der Waals surface area contributed by atoms with Gasteiger partial charge in [-0.15, -0.1) is 0 Å². The number of aromatic nitrogens is 4. The maximum absolute atomic E-state index is 13.2. The Morgan fingerprint density at radius 3 is 2.50 bits per heavy atom. The molecular weight excluding hydrogens is 381 g/mol. The van der Waals surface area contributed by atoms with Crippen LogP contribution in [0.5, 0.6) is 0 Å². The molecule has 0 aliphatic carbocycles. The number of carbonyl (C=O) groups excluding carboxylic acids is 1. The molecule has 5 aromatic rings. The summed E-state index contributed by atoms with van der Waals surface area (Å²) in [5.41, 5.74) is 4.93. The van der Waals surface area contributed by atoms with E-state index in [-0.39, 0.29) is 11.7 Å². The molecule has 7 heteroatoms. The van der Waals surface area contributed by atoms with Crippen LogP contribution >= 0.6 is 0 Å². The minimum atomic E-state index is -0.338. The lowest BCUT2D eigenvalue weighted by Gasteiger charge is -2.07. The highest BCUT2D eigenvalue weighted by molar-refractivity contribution is 6.08. The monoisotopic (exact) mass is 397 g/mol. The van der Waals surface area contributed by atoms with Crippen LogP contribution in [-0.4, -0.2) is 25.5 Å².